The minimum atomic E-state index is -4.85. The zero-order valence-corrected chi connectivity index (χ0v) is 23.6. The molecule has 0 saturated carbocycles. The number of nitrogens with one attached hydrogen (secondary N) is 2. The van der Waals surface area contributed by atoms with Gasteiger partial charge in [0.1, 0.15) is 11.9 Å². The van der Waals surface area contributed by atoms with Crippen molar-refractivity contribution in [2.24, 2.45) is 0 Å². The summed E-state index contributed by atoms with van der Waals surface area (Å²) in [4.78, 5) is 37.6. The average molecular weight is 635 g/mol. The van der Waals surface area contributed by atoms with E-state index in [0.29, 0.717) is 11.1 Å². The Bertz CT molecular complexity index is 1680. The number of hydrogen-bond acceptors (Lipinski definition) is 7. The molecule has 2 atom stereocenters. The van der Waals surface area contributed by atoms with Crippen LogP contribution in [0.2, 0.25) is 0 Å². The van der Waals surface area contributed by atoms with Gasteiger partial charge in [-0.1, -0.05) is 47.7 Å². The van der Waals surface area contributed by atoms with Gasteiger partial charge in [-0.2, -0.15) is 4.39 Å². The van der Waals surface area contributed by atoms with Gasteiger partial charge in [0.25, 0.3) is 17.4 Å². The predicted octanol–water partition coefficient (Wildman–Crippen LogP) is 4.16. The van der Waals surface area contributed by atoms with Crippen molar-refractivity contribution < 1.29 is 41.0 Å². The second kappa shape index (κ2) is 14.6. The van der Waals surface area contributed by atoms with Gasteiger partial charge < -0.3 is 24.7 Å². The molecular weight excluding hydrogens is 607 g/mol. The van der Waals surface area contributed by atoms with E-state index < -0.39 is 54.1 Å². The molecule has 11 nitrogen and oxygen atoms in total. The summed E-state index contributed by atoms with van der Waals surface area (Å²) in [6.07, 6.45) is -5.29. The summed E-state index contributed by atoms with van der Waals surface area (Å²) in [5.74, 6) is -3.08. The fraction of sp³-hybridized carbons (Fsp3) is 0.276. The van der Waals surface area contributed by atoms with Gasteiger partial charge in [-0.05, 0) is 35.7 Å². The number of amides is 2. The number of carbonyl (C=O) groups is 2. The highest BCUT2D eigenvalue weighted by molar-refractivity contribution is 5.95. The molecule has 2 heterocycles. The lowest BCUT2D eigenvalue weighted by molar-refractivity contribution is -0.274. The molecule has 0 spiro atoms. The maximum absolute atomic E-state index is 14.8. The van der Waals surface area contributed by atoms with Crippen LogP contribution in [0.1, 0.15) is 34.1 Å². The highest BCUT2D eigenvalue weighted by atomic mass is 19.4. The fourth-order valence-electron chi connectivity index (χ4n) is 4.22. The summed E-state index contributed by atoms with van der Waals surface area (Å²) in [5.41, 5.74) is -0.779. The van der Waals surface area contributed by atoms with Crippen molar-refractivity contribution in [3.8, 4) is 5.75 Å². The van der Waals surface area contributed by atoms with Crippen LogP contribution in [0.4, 0.5) is 27.6 Å². The van der Waals surface area contributed by atoms with E-state index in [1.165, 1.54) is 30.1 Å². The number of benzene rings is 2. The molecular formula is C29H27F5N6O5. The summed E-state index contributed by atoms with van der Waals surface area (Å²) < 4.78 is 77.9. The van der Waals surface area contributed by atoms with Crippen molar-refractivity contribution in [1.29, 1.82) is 0 Å². The molecule has 1 unspecified atom stereocenters. The number of rotatable bonds is 13. The van der Waals surface area contributed by atoms with E-state index in [2.05, 4.69) is 25.7 Å². The predicted molar refractivity (Wildman–Crippen MR) is 149 cm³/mol. The fourth-order valence-corrected chi connectivity index (χ4v) is 4.22. The van der Waals surface area contributed by atoms with Gasteiger partial charge in [-0.3, -0.25) is 19.1 Å². The van der Waals surface area contributed by atoms with Gasteiger partial charge in [0.2, 0.25) is 5.82 Å². The molecule has 45 heavy (non-hydrogen) atoms. The van der Waals surface area contributed by atoms with E-state index in [1.54, 1.807) is 30.3 Å². The number of pyridine rings is 1. The maximum atomic E-state index is 14.8. The first-order valence-electron chi connectivity index (χ1n) is 13.4. The molecule has 2 N–H and O–H groups in total. The molecule has 0 aliphatic carbocycles. The van der Waals surface area contributed by atoms with Gasteiger partial charge in [0.05, 0.1) is 18.4 Å². The van der Waals surface area contributed by atoms with Crippen molar-refractivity contribution in [1.82, 2.24) is 24.9 Å². The minimum absolute atomic E-state index is 0.0401. The molecule has 0 bridgehead atoms. The largest absolute Gasteiger partial charge is 0.573 e. The van der Waals surface area contributed by atoms with E-state index in [4.69, 9.17) is 4.74 Å². The van der Waals surface area contributed by atoms with E-state index in [1.807, 2.05) is 0 Å². The van der Waals surface area contributed by atoms with Crippen LogP contribution in [0.3, 0.4) is 0 Å². The van der Waals surface area contributed by atoms with Crippen molar-refractivity contribution in [3.05, 3.63) is 106 Å². The molecule has 0 radical (unpaired) electrons. The summed E-state index contributed by atoms with van der Waals surface area (Å²) in [7, 11) is 1.31. The first-order chi connectivity index (χ1) is 21.4. The quantitative estimate of drug-likeness (QED) is 0.211. The lowest BCUT2D eigenvalue weighted by atomic mass is 10.1. The van der Waals surface area contributed by atoms with Crippen LogP contribution in [0.5, 0.6) is 5.75 Å². The summed E-state index contributed by atoms with van der Waals surface area (Å²) in [6, 6.07) is 14.7. The Kier molecular flexibility index (Phi) is 10.6. The maximum Gasteiger partial charge on any atom is 0.573 e. The monoisotopic (exact) mass is 634 g/mol. The Morgan fingerprint density at radius 3 is 2.53 bits per heavy atom. The first-order valence-corrected chi connectivity index (χ1v) is 13.4. The first kappa shape index (κ1) is 32.8. The molecule has 0 aliphatic heterocycles. The highest BCUT2D eigenvalue weighted by Crippen LogP contribution is 2.23. The second-order valence-electron chi connectivity index (χ2n) is 9.65. The third kappa shape index (κ3) is 9.18. The molecule has 2 amide bonds. The third-order valence-corrected chi connectivity index (χ3v) is 6.36. The van der Waals surface area contributed by atoms with Crippen LogP contribution < -0.4 is 20.9 Å². The summed E-state index contributed by atoms with van der Waals surface area (Å²) in [5, 5.41) is 12.3. The van der Waals surface area contributed by atoms with E-state index in [0.717, 1.165) is 29.0 Å². The van der Waals surface area contributed by atoms with Crippen LogP contribution in [0, 0.1) is 5.82 Å². The number of ether oxygens (including phenoxy) is 2. The number of halogens is 5. The van der Waals surface area contributed by atoms with E-state index >= 15 is 0 Å². The van der Waals surface area contributed by atoms with Gasteiger partial charge in [0.15, 0.2) is 11.8 Å². The lowest BCUT2D eigenvalue weighted by Gasteiger charge is -2.16. The zero-order valence-electron chi connectivity index (χ0n) is 23.6. The van der Waals surface area contributed by atoms with Crippen LogP contribution in [0.25, 0.3) is 0 Å². The molecule has 2 aromatic carbocycles. The summed E-state index contributed by atoms with van der Waals surface area (Å²) >= 11 is 0. The normalized spacial score (nSPS) is 12.8. The van der Waals surface area contributed by atoms with Crippen LogP contribution in [0.15, 0.2) is 77.9 Å². The van der Waals surface area contributed by atoms with Crippen molar-refractivity contribution in [2.75, 3.05) is 12.4 Å². The van der Waals surface area contributed by atoms with Crippen LogP contribution in [-0.2, 0) is 29.2 Å². The van der Waals surface area contributed by atoms with Gasteiger partial charge in [-0.25, -0.2) is 4.39 Å². The average Bonchev–Trinajstić information content (AvgIpc) is 3.48. The molecule has 2 aromatic heterocycles. The Morgan fingerprint density at radius 2 is 1.82 bits per heavy atom. The van der Waals surface area contributed by atoms with Gasteiger partial charge in [0, 0.05) is 26.4 Å². The number of methoxy groups -OCH3 is 1. The molecule has 16 heteroatoms. The van der Waals surface area contributed by atoms with Crippen molar-refractivity contribution in [2.45, 2.75) is 44.7 Å². The highest BCUT2D eigenvalue weighted by Gasteiger charge is 2.31. The number of hydrogen-bond donors (Lipinski definition) is 2. The molecule has 4 rings (SSSR count). The molecule has 238 valence electrons. The third-order valence-electron chi connectivity index (χ3n) is 6.36. The number of anilines is 1. The van der Waals surface area contributed by atoms with Crippen LogP contribution >= 0.6 is 0 Å². The molecule has 0 saturated heterocycles. The van der Waals surface area contributed by atoms with Crippen molar-refractivity contribution >= 4 is 17.5 Å². The van der Waals surface area contributed by atoms with E-state index in [9.17, 15) is 36.3 Å². The number of aryl methyl sites for hydroxylation is 1. The number of carbonyl (C=O) groups excluding carboxylic acids is 2. The van der Waals surface area contributed by atoms with Gasteiger partial charge >= 0.3 is 6.36 Å². The Morgan fingerprint density at radius 1 is 1.07 bits per heavy atom. The molecule has 4 aromatic rings. The Labute approximate surface area is 252 Å². The second-order valence-corrected chi connectivity index (χ2v) is 9.65. The smallest absolute Gasteiger partial charge is 0.406 e. The van der Waals surface area contributed by atoms with Crippen LogP contribution in [-0.4, -0.2) is 51.0 Å². The molecule has 0 aliphatic rings. The Hall–Kier alpha value is -5.12. The SMILES string of the molecule is CO[C@@H](C(=O)Nc1ccn(CC(F)CCn2cc(C(=O)NCc3cccc(OC(F)(F)F)c3)nn2)c(=O)c1F)c1ccccc1. The number of aromatic nitrogens is 4. The minimum Gasteiger partial charge on any atom is -0.406 e. The van der Waals surface area contributed by atoms with Gasteiger partial charge in [-0.15, -0.1) is 18.3 Å². The van der Waals surface area contributed by atoms with Crippen molar-refractivity contribution in [3.63, 3.8) is 0 Å². The number of alkyl halides is 4. The number of nitrogens with zero attached hydrogens (tertiary/aromatic N) is 4. The summed E-state index contributed by atoms with van der Waals surface area (Å²) in [6.45, 7) is -0.656. The topological polar surface area (TPSA) is 129 Å². The Balaban J connectivity index is 1.28. The zero-order chi connectivity index (χ0) is 32.6. The van der Waals surface area contributed by atoms with E-state index in [-0.39, 0.29) is 30.9 Å². The standard InChI is InChI=1S/C29H27F5N6O5/c1-44-25(19-7-3-2-4-8-19)27(42)36-22-11-12-39(28(43)24(22)31)16-20(30)10-13-40-17-23(37-38-40)26(41)35-15-18-6-5-9-21(14-18)45-29(32,33)34/h2-9,11-12,14,17,20,25H,10,13,15-16H2,1H3,(H,35,41)(H,36,42)/t20?,25-/m1/s1. The molecule has 0 fully saturated rings. The lowest BCUT2D eigenvalue weighted by Crippen LogP contribution is -2.30.